The summed E-state index contributed by atoms with van der Waals surface area (Å²) in [6.07, 6.45) is 3.80. The van der Waals surface area contributed by atoms with E-state index < -0.39 is 0 Å². The standard InChI is InChI=1S/C18H18BrN3O3/c1-3-25-18(23)9-16(12-5-7-17(24-2)20-10-12)22-11-13-4-6-14(19)8-15(13)21-22/h4-8,10-11,16H,3,9H2,1-2H3/t16-/m0/s1. The van der Waals surface area contributed by atoms with Crippen molar-refractivity contribution in [1.29, 1.82) is 0 Å². The minimum Gasteiger partial charge on any atom is -0.481 e. The first-order valence-electron chi connectivity index (χ1n) is 7.90. The Morgan fingerprint density at radius 2 is 2.16 bits per heavy atom. The number of carbonyl (C=O) groups excluding carboxylic acids is 1. The number of pyridine rings is 1. The average molecular weight is 404 g/mol. The fourth-order valence-corrected chi connectivity index (χ4v) is 2.97. The van der Waals surface area contributed by atoms with Crippen LogP contribution >= 0.6 is 15.9 Å². The van der Waals surface area contributed by atoms with E-state index in [4.69, 9.17) is 9.47 Å². The second-order valence-corrected chi connectivity index (χ2v) is 6.39. The Morgan fingerprint density at radius 1 is 1.32 bits per heavy atom. The fourth-order valence-electron chi connectivity index (χ4n) is 2.62. The van der Waals surface area contributed by atoms with Crippen molar-refractivity contribution in [3.05, 3.63) is 52.8 Å². The van der Waals surface area contributed by atoms with E-state index in [2.05, 4.69) is 26.0 Å². The first kappa shape index (κ1) is 17.4. The van der Waals surface area contributed by atoms with Crippen molar-refractivity contribution in [2.24, 2.45) is 0 Å². The Bertz CT molecular complexity index is 877. The molecule has 0 spiro atoms. The average Bonchev–Trinajstić information content (AvgIpc) is 3.03. The van der Waals surface area contributed by atoms with Crippen LogP contribution in [0.2, 0.25) is 0 Å². The summed E-state index contributed by atoms with van der Waals surface area (Å²) in [5.74, 6) is 0.247. The highest BCUT2D eigenvalue weighted by molar-refractivity contribution is 9.10. The van der Waals surface area contributed by atoms with Crippen LogP contribution in [0.1, 0.15) is 24.9 Å². The molecule has 1 aromatic carbocycles. The van der Waals surface area contributed by atoms with Crippen LogP contribution in [-0.2, 0) is 9.53 Å². The van der Waals surface area contributed by atoms with Crippen molar-refractivity contribution in [2.45, 2.75) is 19.4 Å². The zero-order chi connectivity index (χ0) is 17.8. The number of rotatable bonds is 6. The number of fused-ring (bicyclic) bond motifs is 1. The maximum absolute atomic E-state index is 12.1. The van der Waals surface area contributed by atoms with Crippen LogP contribution in [0.4, 0.5) is 0 Å². The van der Waals surface area contributed by atoms with Gasteiger partial charge in [0.15, 0.2) is 0 Å². The van der Waals surface area contributed by atoms with Gasteiger partial charge in [-0.1, -0.05) is 22.0 Å². The van der Waals surface area contributed by atoms with Gasteiger partial charge in [-0.3, -0.25) is 9.48 Å². The predicted molar refractivity (Wildman–Crippen MR) is 97.6 cm³/mol. The summed E-state index contributed by atoms with van der Waals surface area (Å²) in [6, 6.07) is 9.24. The smallest absolute Gasteiger partial charge is 0.308 e. The van der Waals surface area contributed by atoms with E-state index in [9.17, 15) is 4.79 Å². The Balaban J connectivity index is 1.99. The maximum atomic E-state index is 12.1. The molecule has 0 saturated heterocycles. The number of halogens is 1. The molecule has 1 atom stereocenters. The summed E-state index contributed by atoms with van der Waals surface area (Å²) in [7, 11) is 1.57. The third-order valence-corrected chi connectivity index (χ3v) is 4.32. The van der Waals surface area contributed by atoms with Gasteiger partial charge in [0.05, 0.1) is 31.7 Å². The second-order valence-electron chi connectivity index (χ2n) is 5.47. The van der Waals surface area contributed by atoms with Crippen molar-refractivity contribution in [1.82, 2.24) is 14.8 Å². The molecule has 0 fully saturated rings. The zero-order valence-electron chi connectivity index (χ0n) is 14.0. The van der Waals surface area contributed by atoms with E-state index in [1.807, 2.05) is 30.5 Å². The number of ether oxygens (including phenoxy) is 2. The van der Waals surface area contributed by atoms with E-state index in [-0.39, 0.29) is 18.4 Å². The molecule has 25 heavy (non-hydrogen) atoms. The summed E-state index contributed by atoms with van der Waals surface area (Å²) >= 11 is 3.45. The molecule has 0 unspecified atom stereocenters. The molecule has 7 heteroatoms. The molecule has 0 aliphatic rings. The van der Waals surface area contributed by atoms with Gasteiger partial charge >= 0.3 is 5.97 Å². The molecule has 0 radical (unpaired) electrons. The lowest BCUT2D eigenvalue weighted by molar-refractivity contribution is -0.143. The van der Waals surface area contributed by atoms with Gasteiger partial charge in [0.1, 0.15) is 0 Å². The zero-order valence-corrected chi connectivity index (χ0v) is 15.6. The second kappa shape index (κ2) is 7.65. The quantitative estimate of drug-likeness (QED) is 0.586. The van der Waals surface area contributed by atoms with Crippen LogP contribution in [-0.4, -0.2) is 34.5 Å². The SMILES string of the molecule is CCOC(=O)C[C@@H](c1ccc(OC)nc1)n1cc2ccc(Br)cc2n1. The first-order valence-corrected chi connectivity index (χ1v) is 8.70. The number of benzene rings is 1. The predicted octanol–water partition coefficient (Wildman–Crippen LogP) is 3.75. The highest BCUT2D eigenvalue weighted by Gasteiger charge is 2.21. The van der Waals surface area contributed by atoms with Gasteiger partial charge in [0, 0.05) is 28.3 Å². The molecule has 0 amide bonds. The van der Waals surface area contributed by atoms with Gasteiger partial charge in [-0.2, -0.15) is 5.10 Å². The van der Waals surface area contributed by atoms with Crippen LogP contribution in [0.15, 0.2) is 47.2 Å². The minimum absolute atomic E-state index is 0.178. The Labute approximate surface area is 153 Å². The van der Waals surface area contributed by atoms with E-state index in [1.54, 1.807) is 31.0 Å². The van der Waals surface area contributed by atoms with Crippen molar-refractivity contribution in [3.8, 4) is 5.88 Å². The summed E-state index contributed by atoms with van der Waals surface area (Å²) < 4.78 is 13.0. The van der Waals surface area contributed by atoms with Gasteiger partial charge in [0.2, 0.25) is 5.88 Å². The van der Waals surface area contributed by atoms with Crippen molar-refractivity contribution < 1.29 is 14.3 Å². The molecule has 0 aliphatic heterocycles. The van der Waals surface area contributed by atoms with Crippen LogP contribution in [0.3, 0.4) is 0 Å². The highest BCUT2D eigenvalue weighted by atomic mass is 79.9. The number of nitrogens with zero attached hydrogens (tertiary/aromatic N) is 3. The molecule has 3 aromatic rings. The van der Waals surface area contributed by atoms with Crippen molar-refractivity contribution in [2.75, 3.05) is 13.7 Å². The molecule has 0 saturated carbocycles. The summed E-state index contributed by atoms with van der Waals surface area (Å²) in [5.41, 5.74) is 1.71. The van der Waals surface area contributed by atoms with Gasteiger partial charge in [0.25, 0.3) is 0 Å². The van der Waals surface area contributed by atoms with E-state index in [1.165, 1.54) is 0 Å². The third-order valence-electron chi connectivity index (χ3n) is 3.82. The lowest BCUT2D eigenvalue weighted by atomic mass is 10.1. The Kier molecular flexibility index (Phi) is 5.33. The Morgan fingerprint density at radius 3 is 2.84 bits per heavy atom. The normalized spacial score (nSPS) is 12.1. The van der Waals surface area contributed by atoms with Gasteiger partial charge < -0.3 is 9.47 Å². The number of aromatic nitrogens is 3. The maximum Gasteiger partial charge on any atom is 0.308 e. The topological polar surface area (TPSA) is 66.2 Å². The van der Waals surface area contributed by atoms with Crippen LogP contribution in [0.25, 0.3) is 10.9 Å². The third kappa shape index (κ3) is 3.99. The van der Waals surface area contributed by atoms with Crippen LogP contribution in [0.5, 0.6) is 5.88 Å². The highest BCUT2D eigenvalue weighted by Crippen LogP contribution is 2.26. The lowest BCUT2D eigenvalue weighted by Gasteiger charge is -2.17. The van der Waals surface area contributed by atoms with E-state index in [0.717, 1.165) is 20.9 Å². The molecule has 0 aliphatic carbocycles. The van der Waals surface area contributed by atoms with E-state index in [0.29, 0.717) is 12.5 Å². The lowest BCUT2D eigenvalue weighted by Crippen LogP contribution is -2.18. The molecule has 2 heterocycles. The molecular weight excluding hydrogens is 386 g/mol. The largest absolute Gasteiger partial charge is 0.481 e. The molecule has 0 N–H and O–H groups in total. The summed E-state index contributed by atoms with van der Waals surface area (Å²) in [6.45, 7) is 2.14. The number of carbonyl (C=O) groups is 1. The van der Waals surface area contributed by atoms with Crippen molar-refractivity contribution >= 4 is 32.8 Å². The minimum atomic E-state index is -0.302. The van der Waals surface area contributed by atoms with Gasteiger partial charge in [-0.15, -0.1) is 0 Å². The van der Waals surface area contributed by atoms with Gasteiger partial charge in [-0.05, 0) is 30.7 Å². The van der Waals surface area contributed by atoms with Crippen molar-refractivity contribution in [3.63, 3.8) is 0 Å². The van der Waals surface area contributed by atoms with Gasteiger partial charge in [-0.25, -0.2) is 4.98 Å². The van der Waals surface area contributed by atoms with E-state index >= 15 is 0 Å². The number of hydrogen-bond acceptors (Lipinski definition) is 5. The van der Waals surface area contributed by atoms with Crippen LogP contribution in [0, 0.1) is 0 Å². The molecule has 6 nitrogen and oxygen atoms in total. The number of methoxy groups -OCH3 is 1. The molecule has 2 aromatic heterocycles. The molecule has 3 rings (SSSR count). The molecule has 0 bridgehead atoms. The first-order chi connectivity index (χ1) is 12.1. The Hall–Kier alpha value is -2.41. The summed E-state index contributed by atoms with van der Waals surface area (Å²) in [5, 5.41) is 5.62. The number of esters is 1. The molecule has 130 valence electrons. The summed E-state index contributed by atoms with van der Waals surface area (Å²) in [4.78, 5) is 16.3. The fraction of sp³-hybridized carbons (Fsp3) is 0.278. The monoisotopic (exact) mass is 403 g/mol. The molecular formula is C18H18BrN3O3. The number of hydrogen-bond donors (Lipinski definition) is 0. The van der Waals surface area contributed by atoms with Crippen LogP contribution < -0.4 is 4.74 Å².